The fourth-order valence-corrected chi connectivity index (χ4v) is 7.59. The van der Waals surface area contributed by atoms with Crippen molar-refractivity contribution < 1.29 is 13.2 Å². The number of hydrogen-bond donors (Lipinski definition) is 0. The summed E-state index contributed by atoms with van der Waals surface area (Å²) in [6.45, 7) is 5.44. The number of likely N-dealkylation sites (tertiary alicyclic amines) is 1. The highest BCUT2D eigenvalue weighted by atomic mass is 32.2. The van der Waals surface area contributed by atoms with Gasteiger partial charge >= 0.3 is 0 Å². The van der Waals surface area contributed by atoms with Gasteiger partial charge in [-0.3, -0.25) is 4.79 Å². The van der Waals surface area contributed by atoms with Crippen LogP contribution in [-0.2, 0) is 23.0 Å². The number of ketones is 1. The molecular weight excluding hydrogens is 556 g/mol. The van der Waals surface area contributed by atoms with Crippen molar-refractivity contribution in [3.8, 4) is 22.3 Å². The molecule has 43 heavy (non-hydrogen) atoms. The smallest absolute Gasteiger partial charge is 0.269 e. The monoisotopic (exact) mass is 590 g/mol. The molecule has 2 aromatic heterocycles. The molecule has 3 aromatic carbocycles. The van der Waals surface area contributed by atoms with Crippen molar-refractivity contribution in [2.24, 2.45) is 5.92 Å². The minimum absolute atomic E-state index is 0.0289. The molecule has 0 amide bonds. The first-order valence-electron chi connectivity index (χ1n) is 14.6. The van der Waals surface area contributed by atoms with E-state index >= 15 is 0 Å². The Labute approximate surface area is 252 Å². The first-order valence-corrected chi connectivity index (χ1v) is 16.1. The number of aryl methyl sites for hydroxylation is 1. The standard InChI is InChI=1S/C35H34N4O3S/c1-23-4-12-31(13-5-23)43(41,42)39-22-33(24-6-8-25(9-7-24)34(40)30-20-38(3)21-30)32-17-29(18-36-35(32)39)26-10-11-28-19-37(2)15-14-27(28)16-26/h4-13,16-18,22,30H,14-15,19-21H2,1-3H3. The van der Waals surface area contributed by atoms with Crippen LogP contribution >= 0.6 is 0 Å². The normalized spacial score (nSPS) is 16.3. The van der Waals surface area contributed by atoms with E-state index in [1.54, 1.807) is 36.7 Å². The number of benzene rings is 3. The lowest BCUT2D eigenvalue weighted by molar-refractivity contribution is 0.0702. The average molecular weight is 591 g/mol. The minimum Gasteiger partial charge on any atom is -0.305 e. The number of rotatable bonds is 6. The molecule has 4 heterocycles. The number of likely N-dealkylation sites (N-methyl/N-ethyl adjacent to an activating group) is 1. The van der Waals surface area contributed by atoms with E-state index in [0.717, 1.165) is 65.8 Å². The Bertz CT molecular complexity index is 1970. The third-order valence-corrected chi connectivity index (χ3v) is 10.5. The summed E-state index contributed by atoms with van der Waals surface area (Å²) in [6.07, 6.45) is 4.42. The van der Waals surface area contributed by atoms with Gasteiger partial charge in [-0.05, 0) is 67.9 Å². The zero-order valence-electron chi connectivity index (χ0n) is 24.6. The number of carbonyl (C=O) groups excluding carboxylic acids is 1. The van der Waals surface area contributed by atoms with Crippen LogP contribution in [0.25, 0.3) is 33.3 Å². The van der Waals surface area contributed by atoms with E-state index in [1.165, 1.54) is 15.1 Å². The van der Waals surface area contributed by atoms with Crippen LogP contribution in [0.5, 0.6) is 0 Å². The number of nitrogens with zero attached hydrogens (tertiary/aromatic N) is 4. The van der Waals surface area contributed by atoms with Gasteiger partial charge in [0.1, 0.15) is 0 Å². The van der Waals surface area contributed by atoms with Crippen molar-refractivity contribution >= 4 is 26.8 Å². The second kappa shape index (κ2) is 10.6. The highest BCUT2D eigenvalue weighted by Gasteiger charge is 2.30. The second-order valence-electron chi connectivity index (χ2n) is 12.1. The van der Waals surface area contributed by atoms with E-state index in [9.17, 15) is 13.2 Å². The summed E-state index contributed by atoms with van der Waals surface area (Å²) in [6, 6.07) is 23.0. The summed E-state index contributed by atoms with van der Waals surface area (Å²) < 4.78 is 29.1. The number of carbonyl (C=O) groups is 1. The Kier molecular flexibility index (Phi) is 6.80. The van der Waals surface area contributed by atoms with Gasteiger partial charge in [0.25, 0.3) is 10.0 Å². The van der Waals surface area contributed by atoms with Crippen LogP contribution < -0.4 is 0 Å². The number of pyridine rings is 1. The molecule has 2 aliphatic rings. The molecule has 0 spiro atoms. The van der Waals surface area contributed by atoms with Gasteiger partial charge in [0, 0.05) is 66.6 Å². The van der Waals surface area contributed by atoms with Crippen molar-refractivity contribution in [2.45, 2.75) is 24.8 Å². The topological polar surface area (TPSA) is 75.5 Å². The Morgan fingerprint density at radius 2 is 1.56 bits per heavy atom. The highest BCUT2D eigenvalue weighted by molar-refractivity contribution is 7.90. The van der Waals surface area contributed by atoms with Crippen molar-refractivity contribution in [3.05, 3.63) is 107 Å². The largest absolute Gasteiger partial charge is 0.305 e. The van der Waals surface area contributed by atoms with E-state index in [0.29, 0.717) is 11.2 Å². The first kappa shape index (κ1) is 27.7. The highest BCUT2D eigenvalue weighted by Crippen LogP contribution is 2.36. The second-order valence-corrected chi connectivity index (χ2v) is 13.9. The van der Waals surface area contributed by atoms with Crippen LogP contribution in [0.15, 0.2) is 90.1 Å². The zero-order valence-corrected chi connectivity index (χ0v) is 25.4. The lowest BCUT2D eigenvalue weighted by Crippen LogP contribution is -2.47. The molecule has 5 aromatic rings. The SMILES string of the molecule is Cc1ccc(S(=O)(=O)n2cc(-c3ccc(C(=O)C4CN(C)C4)cc3)c3cc(-c4ccc5c(c4)CCN(C)C5)cnc32)cc1. The summed E-state index contributed by atoms with van der Waals surface area (Å²) in [4.78, 5) is 22.4. The van der Waals surface area contributed by atoms with E-state index in [1.807, 2.05) is 44.3 Å². The van der Waals surface area contributed by atoms with Crippen LogP contribution in [0.3, 0.4) is 0 Å². The maximum Gasteiger partial charge on any atom is 0.269 e. The summed E-state index contributed by atoms with van der Waals surface area (Å²) >= 11 is 0. The molecule has 7 rings (SSSR count). The Morgan fingerprint density at radius 1 is 0.837 bits per heavy atom. The molecule has 218 valence electrons. The van der Waals surface area contributed by atoms with Gasteiger partial charge in [-0.15, -0.1) is 0 Å². The molecule has 0 atom stereocenters. The van der Waals surface area contributed by atoms with Gasteiger partial charge in [0.15, 0.2) is 11.4 Å². The molecule has 0 N–H and O–H groups in total. The number of fused-ring (bicyclic) bond motifs is 2. The van der Waals surface area contributed by atoms with E-state index in [2.05, 4.69) is 35.0 Å². The number of hydrogen-bond acceptors (Lipinski definition) is 6. The average Bonchev–Trinajstić information content (AvgIpc) is 3.39. The van der Waals surface area contributed by atoms with Crippen LogP contribution in [0.2, 0.25) is 0 Å². The Hall–Kier alpha value is -4.11. The van der Waals surface area contributed by atoms with Gasteiger partial charge in [-0.2, -0.15) is 0 Å². The predicted molar refractivity (Wildman–Crippen MR) is 170 cm³/mol. The summed E-state index contributed by atoms with van der Waals surface area (Å²) in [7, 11) is 0.244. The van der Waals surface area contributed by atoms with Gasteiger partial charge in [-0.1, -0.05) is 60.2 Å². The van der Waals surface area contributed by atoms with Crippen molar-refractivity contribution in [3.63, 3.8) is 0 Å². The lowest BCUT2D eigenvalue weighted by Gasteiger charge is -2.34. The van der Waals surface area contributed by atoms with Crippen LogP contribution in [0, 0.1) is 12.8 Å². The molecule has 0 radical (unpaired) electrons. The van der Waals surface area contributed by atoms with Crippen LogP contribution in [0.4, 0.5) is 0 Å². The van der Waals surface area contributed by atoms with E-state index in [-0.39, 0.29) is 16.6 Å². The van der Waals surface area contributed by atoms with Gasteiger partial charge in [-0.25, -0.2) is 17.4 Å². The van der Waals surface area contributed by atoms with Gasteiger partial charge in [0.2, 0.25) is 0 Å². The molecule has 7 nitrogen and oxygen atoms in total. The summed E-state index contributed by atoms with van der Waals surface area (Å²) in [5.41, 5.74) is 8.29. The molecule has 2 aliphatic heterocycles. The number of aromatic nitrogens is 2. The molecular formula is C35H34N4O3S. The maximum absolute atomic E-state index is 13.9. The van der Waals surface area contributed by atoms with Crippen LogP contribution in [-0.4, -0.2) is 66.7 Å². The molecule has 0 aliphatic carbocycles. The molecule has 0 bridgehead atoms. The summed E-state index contributed by atoms with van der Waals surface area (Å²) in [5, 5.41) is 0.741. The minimum atomic E-state index is -3.91. The lowest BCUT2D eigenvalue weighted by atomic mass is 9.90. The zero-order chi connectivity index (χ0) is 29.9. The molecule has 0 saturated carbocycles. The van der Waals surface area contributed by atoms with Crippen LogP contribution in [0.1, 0.15) is 27.0 Å². The molecule has 8 heteroatoms. The summed E-state index contributed by atoms with van der Waals surface area (Å²) in [5.74, 6) is 0.178. The molecule has 1 saturated heterocycles. The van der Waals surface area contributed by atoms with Crippen molar-refractivity contribution in [1.82, 2.24) is 18.8 Å². The molecule has 1 fully saturated rings. The number of Topliss-reactive ketones (excluding diaryl/α,β-unsaturated/α-hetero) is 1. The molecule has 0 unspecified atom stereocenters. The third kappa shape index (κ3) is 4.99. The van der Waals surface area contributed by atoms with Crippen molar-refractivity contribution in [1.29, 1.82) is 0 Å². The predicted octanol–water partition coefficient (Wildman–Crippen LogP) is 5.65. The quantitative estimate of drug-likeness (QED) is 0.238. The van der Waals surface area contributed by atoms with Crippen molar-refractivity contribution in [2.75, 3.05) is 33.7 Å². The maximum atomic E-state index is 13.9. The fourth-order valence-electron chi connectivity index (χ4n) is 6.26. The Balaban J connectivity index is 1.34. The first-order chi connectivity index (χ1) is 20.7. The Morgan fingerprint density at radius 3 is 2.28 bits per heavy atom. The van der Waals surface area contributed by atoms with E-state index in [4.69, 9.17) is 4.98 Å². The van der Waals surface area contributed by atoms with E-state index < -0.39 is 10.0 Å². The van der Waals surface area contributed by atoms with Gasteiger partial charge < -0.3 is 9.80 Å². The third-order valence-electron chi connectivity index (χ3n) is 8.85. The van der Waals surface area contributed by atoms with Gasteiger partial charge in [0.05, 0.1) is 4.90 Å². The fraction of sp³-hybridized carbons (Fsp3) is 0.257.